The van der Waals surface area contributed by atoms with E-state index >= 15 is 0 Å². The van der Waals surface area contributed by atoms with Crippen LogP contribution in [0, 0.1) is 0 Å². The number of nitrogens with zero attached hydrogens (tertiary/aromatic N) is 1. The van der Waals surface area contributed by atoms with Gasteiger partial charge in [-0.25, -0.2) is 4.79 Å². The Labute approximate surface area is 71.6 Å². The number of carboxylic acid groups (broad SMARTS) is 1. The van der Waals surface area contributed by atoms with Gasteiger partial charge in [0.05, 0.1) is 0 Å². The van der Waals surface area contributed by atoms with E-state index in [0.29, 0.717) is 0 Å². The van der Waals surface area contributed by atoms with Crippen LogP contribution < -0.4 is 0 Å². The molecule has 0 rings (SSSR count). The van der Waals surface area contributed by atoms with Crippen LogP contribution in [0.4, 0.5) is 0 Å². The standard InChI is InChI=1S/C4H9NO.C3H6O3/c1-4(6)5(2)3;1-2(4)3(5)6/h1-3H3;2,4H,1H3,(H,5,6). The summed E-state index contributed by atoms with van der Waals surface area (Å²) in [5.41, 5.74) is 0. The minimum atomic E-state index is -1.23. The molecule has 0 aromatic rings. The second-order valence-electron chi connectivity index (χ2n) is 2.43. The van der Waals surface area contributed by atoms with Gasteiger partial charge in [-0.3, -0.25) is 4.79 Å². The summed E-state index contributed by atoms with van der Waals surface area (Å²) >= 11 is 0. The molecule has 1 atom stereocenters. The molecule has 1 amide bonds. The van der Waals surface area contributed by atoms with Crippen LogP contribution >= 0.6 is 0 Å². The summed E-state index contributed by atoms with van der Waals surface area (Å²) in [7, 11) is 3.45. The summed E-state index contributed by atoms with van der Waals surface area (Å²) in [6, 6.07) is 0. The van der Waals surface area contributed by atoms with Gasteiger partial charge in [0, 0.05) is 21.0 Å². The number of rotatable bonds is 1. The molecular weight excluding hydrogens is 162 g/mol. The third kappa shape index (κ3) is 11.7. The summed E-state index contributed by atoms with van der Waals surface area (Å²) in [5, 5.41) is 15.8. The molecule has 0 heterocycles. The molecule has 5 heteroatoms. The van der Waals surface area contributed by atoms with Gasteiger partial charge in [-0.15, -0.1) is 0 Å². The molecule has 0 fully saturated rings. The van der Waals surface area contributed by atoms with Gasteiger partial charge in [-0.1, -0.05) is 0 Å². The molecule has 0 saturated heterocycles. The first-order valence-corrected chi connectivity index (χ1v) is 3.37. The Bertz CT molecular complexity index is 135. The number of aliphatic carboxylic acids is 1. The SMILES string of the molecule is CC(=O)N(C)C.CC(O)C(=O)O. The van der Waals surface area contributed by atoms with Gasteiger partial charge in [0.1, 0.15) is 6.10 Å². The van der Waals surface area contributed by atoms with Gasteiger partial charge >= 0.3 is 5.97 Å². The maximum absolute atomic E-state index is 10.1. The minimum absolute atomic E-state index is 0.0926. The Morgan fingerprint density at radius 1 is 1.33 bits per heavy atom. The maximum atomic E-state index is 10.1. The highest BCUT2D eigenvalue weighted by Gasteiger charge is 2.01. The van der Waals surface area contributed by atoms with Gasteiger partial charge in [0.25, 0.3) is 0 Å². The van der Waals surface area contributed by atoms with Crippen molar-refractivity contribution < 1.29 is 19.8 Å². The average Bonchev–Trinajstić information content (AvgIpc) is 1.88. The van der Waals surface area contributed by atoms with Gasteiger partial charge in [-0.2, -0.15) is 0 Å². The molecule has 1 unspecified atom stereocenters. The highest BCUT2D eigenvalue weighted by Crippen LogP contribution is 1.73. The van der Waals surface area contributed by atoms with Crippen LogP contribution in [-0.4, -0.2) is 47.2 Å². The third-order valence-corrected chi connectivity index (χ3v) is 0.987. The molecular formula is C7H15NO4. The Morgan fingerprint density at radius 3 is 1.50 bits per heavy atom. The van der Waals surface area contributed by atoms with E-state index in [1.807, 2.05) is 0 Å². The van der Waals surface area contributed by atoms with Gasteiger partial charge in [0.15, 0.2) is 0 Å². The van der Waals surface area contributed by atoms with Crippen LogP contribution in [-0.2, 0) is 9.59 Å². The van der Waals surface area contributed by atoms with E-state index in [1.165, 1.54) is 18.7 Å². The highest BCUT2D eigenvalue weighted by molar-refractivity contribution is 5.72. The molecule has 5 nitrogen and oxygen atoms in total. The van der Waals surface area contributed by atoms with E-state index in [-0.39, 0.29) is 5.91 Å². The second kappa shape index (κ2) is 6.60. The van der Waals surface area contributed by atoms with Crippen LogP contribution in [0.25, 0.3) is 0 Å². The summed E-state index contributed by atoms with van der Waals surface area (Å²) in [5.74, 6) is -1.09. The topological polar surface area (TPSA) is 77.8 Å². The van der Waals surface area contributed by atoms with E-state index in [2.05, 4.69) is 0 Å². The Kier molecular flexibility index (Phi) is 7.42. The Balaban J connectivity index is 0. The van der Waals surface area contributed by atoms with Crippen LogP contribution in [0.5, 0.6) is 0 Å². The number of hydrogen-bond donors (Lipinski definition) is 2. The van der Waals surface area contributed by atoms with Crippen LogP contribution in [0.1, 0.15) is 13.8 Å². The average molecular weight is 177 g/mol. The number of hydrogen-bond acceptors (Lipinski definition) is 3. The smallest absolute Gasteiger partial charge is 0.332 e. The van der Waals surface area contributed by atoms with Crippen molar-refractivity contribution in [2.45, 2.75) is 20.0 Å². The summed E-state index contributed by atoms with van der Waals surface area (Å²) in [6.45, 7) is 2.72. The van der Waals surface area contributed by atoms with Crippen molar-refractivity contribution in [3.8, 4) is 0 Å². The zero-order valence-corrected chi connectivity index (χ0v) is 7.74. The molecule has 0 aromatic carbocycles. The quantitative estimate of drug-likeness (QED) is 0.568. The van der Waals surface area contributed by atoms with Crippen molar-refractivity contribution >= 4 is 11.9 Å². The third-order valence-electron chi connectivity index (χ3n) is 0.987. The van der Waals surface area contributed by atoms with E-state index in [9.17, 15) is 9.59 Å². The van der Waals surface area contributed by atoms with Gasteiger partial charge in [0.2, 0.25) is 5.91 Å². The van der Waals surface area contributed by atoms with E-state index in [0.717, 1.165) is 0 Å². The normalized spacial score (nSPS) is 10.8. The number of carboxylic acids is 1. The fraction of sp³-hybridized carbons (Fsp3) is 0.714. The van der Waals surface area contributed by atoms with Gasteiger partial charge < -0.3 is 15.1 Å². The molecule has 0 spiro atoms. The molecule has 0 aliphatic heterocycles. The monoisotopic (exact) mass is 177 g/mol. The first-order valence-electron chi connectivity index (χ1n) is 3.37. The predicted molar refractivity (Wildman–Crippen MR) is 43.7 cm³/mol. The predicted octanol–water partition coefficient (Wildman–Crippen LogP) is -0.454. The molecule has 2 N–H and O–H groups in total. The lowest BCUT2D eigenvalue weighted by atomic mass is 10.4. The van der Waals surface area contributed by atoms with Crippen molar-refractivity contribution in [2.24, 2.45) is 0 Å². The molecule has 0 saturated carbocycles. The van der Waals surface area contributed by atoms with Gasteiger partial charge in [-0.05, 0) is 6.92 Å². The van der Waals surface area contributed by atoms with Crippen molar-refractivity contribution in [3.63, 3.8) is 0 Å². The van der Waals surface area contributed by atoms with E-state index in [4.69, 9.17) is 10.2 Å². The maximum Gasteiger partial charge on any atom is 0.332 e. The number of carbonyl (C=O) groups is 2. The number of carbonyl (C=O) groups excluding carboxylic acids is 1. The molecule has 0 aliphatic carbocycles. The molecule has 12 heavy (non-hydrogen) atoms. The number of amides is 1. The zero-order valence-electron chi connectivity index (χ0n) is 7.74. The van der Waals surface area contributed by atoms with E-state index < -0.39 is 12.1 Å². The van der Waals surface area contributed by atoms with Crippen LogP contribution in [0.3, 0.4) is 0 Å². The van der Waals surface area contributed by atoms with Crippen LogP contribution in [0.15, 0.2) is 0 Å². The summed E-state index contributed by atoms with van der Waals surface area (Å²) in [4.78, 5) is 21.0. The van der Waals surface area contributed by atoms with Crippen molar-refractivity contribution in [3.05, 3.63) is 0 Å². The number of aliphatic hydroxyl groups excluding tert-OH is 1. The highest BCUT2D eigenvalue weighted by atomic mass is 16.4. The molecule has 0 aromatic heterocycles. The largest absolute Gasteiger partial charge is 0.479 e. The van der Waals surface area contributed by atoms with Crippen molar-refractivity contribution in [2.75, 3.05) is 14.1 Å². The second-order valence-corrected chi connectivity index (χ2v) is 2.43. The Morgan fingerprint density at radius 2 is 1.50 bits per heavy atom. The lowest BCUT2D eigenvalue weighted by Gasteiger charge is -2.02. The first kappa shape index (κ1) is 13.5. The Hall–Kier alpha value is -1.10. The summed E-state index contributed by atoms with van der Waals surface area (Å²) < 4.78 is 0. The molecule has 0 aliphatic rings. The lowest BCUT2D eigenvalue weighted by Crippen LogP contribution is -2.17. The fourth-order valence-corrected chi connectivity index (χ4v) is 0. The fourth-order valence-electron chi connectivity index (χ4n) is 0. The molecule has 0 radical (unpaired) electrons. The minimum Gasteiger partial charge on any atom is -0.479 e. The van der Waals surface area contributed by atoms with Crippen molar-refractivity contribution in [1.29, 1.82) is 0 Å². The van der Waals surface area contributed by atoms with Crippen molar-refractivity contribution in [1.82, 2.24) is 4.90 Å². The van der Waals surface area contributed by atoms with E-state index in [1.54, 1.807) is 14.1 Å². The zero-order chi connectivity index (χ0) is 10.3. The molecule has 72 valence electrons. The first-order chi connectivity index (χ1) is 5.29. The summed E-state index contributed by atoms with van der Waals surface area (Å²) in [6.07, 6.45) is -1.23. The lowest BCUT2D eigenvalue weighted by molar-refractivity contribution is -0.145. The molecule has 0 bridgehead atoms. The van der Waals surface area contributed by atoms with Crippen LogP contribution in [0.2, 0.25) is 0 Å². The number of aliphatic hydroxyl groups is 1.